The van der Waals surface area contributed by atoms with Gasteiger partial charge in [-0.1, -0.05) is 64.7 Å². The molecular formula is C22H36. The fraction of sp³-hybridized carbons (Fsp3) is 0.818. The number of rotatable bonds is 8. The smallest absolute Gasteiger partial charge is 0.00408 e. The van der Waals surface area contributed by atoms with Gasteiger partial charge in [0.25, 0.3) is 0 Å². The second-order valence-corrected chi connectivity index (χ2v) is 9.24. The van der Waals surface area contributed by atoms with Gasteiger partial charge in [0.15, 0.2) is 0 Å². The Hall–Kier alpha value is -0.520. The lowest BCUT2D eigenvalue weighted by Gasteiger charge is -2.38. The Morgan fingerprint density at radius 1 is 1.36 bits per heavy atom. The minimum Gasteiger partial charge on any atom is -0.102 e. The molecule has 0 bridgehead atoms. The van der Waals surface area contributed by atoms with Crippen molar-refractivity contribution in [3.8, 4) is 0 Å². The van der Waals surface area contributed by atoms with E-state index in [1.54, 1.807) is 0 Å². The fourth-order valence-corrected chi connectivity index (χ4v) is 5.87. The molecule has 0 aromatic rings. The van der Waals surface area contributed by atoms with Gasteiger partial charge in [0.2, 0.25) is 0 Å². The summed E-state index contributed by atoms with van der Waals surface area (Å²) < 4.78 is 0. The molecule has 22 heavy (non-hydrogen) atoms. The summed E-state index contributed by atoms with van der Waals surface area (Å²) in [5, 5.41) is 0. The van der Waals surface area contributed by atoms with Crippen LogP contribution in [-0.2, 0) is 0 Å². The highest BCUT2D eigenvalue weighted by molar-refractivity contribution is 5.26. The van der Waals surface area contributed by atoms with Crippen LogP contribution >= 0.6 is 0 Å². The summed E-state index contributed by atoms with van der Waals surface area (Å²) in [4.78, 5) is 0. The molecular weight excluding hydrogens is 264 g/mol. The van der Waals surface area contributed by atoms with Crippen molar-refractivity contribution in [2.75, 3.05) is 0 Å². The lowest BCUT2D eigenvalue weighted by Crippen LogP contribution is -2.29. The Kier molecular flexibility index (Phi) is 4.34. The first-order chi connectivity index (χ1) is 10.4. The fourth-order valence-electron chi connectivity index (χ4n) is 5.87. The molecule has 0 saturated heterocycles. The molecule has 0 aromatic carbocycles. The number of fused-ring (bicyclic) bond motifs is 1. The summed E-state index contributed by atoms with van der Waals surface area (Å²) in [6.07, 6.45) is 16.3. The molecule has 0 spiro atoms. The monoisotopic (exact) mass is 300 g/mol. The lowest BCUT2D eigenvalue weighted by molar-refractivity contribution is 0.164. The van der Waals surface area contributed by atoms with Gasteiger partial charge in [-0.3, -0.25) is 0 Å². The quantitative estimate of drug-likeness (QED) is 0.342. The van der Waals surface area contributed by atoms with Gasteiger partial charge in [-0.2, -0.15) is 0 Å². The summed E-state index contributed by atoms with van der Waals surface area (Å²) >= 11 is 0. The predicted molar refractivity (Wildman–Crippen MR) is 96.7 cm³/mol. The zero-order chi connectivity index (χ0) is 16.0. The molecule has 2 fully saturated rings. The normalized spacial score (nSPS) is 39.9. The summed E-state index contributed by atoms with van der Waals surface area (Å²) in [5.74, 6) is 3.68. The Labute approximate surface area is 138 Å². The largest absolute Gasteiger partial charge is 0.102 e. The van der Waals surface area contributed by atoms with Crippen molar-refractivity contribution >= 4 is 0 Å². The molecule has 2 saturated carbocycles. The van der Waals surface area contributed by atoms with Crippen LogP contribution in [0.1, 0.15) is 79.1 Å². The third kappa shape index (κ3) is 2.61. The van der Waals surface area contributed by atoms with Crippen molar-refractivity contribution in [3.05, 3.63) is 24.3 Å². The highest BCUT2D eigenvalue weighted by atomic mass is 14.6. The number of hydrogen-bond acceptors (Lipinski definition) is 0. The molecule has 3 rings (SSSR count). The molecule has 5 unspecified atom stereocenters. The first-order valence-electron chi connectivity index (χ1n) is 9.77. The molecule has 124 valence electrons. The van der Waals surface area contributed by atoms with Crippen molar-refractivity contribution in [1.29, 1.82) is 0 Å². The molecule has 0 nitrogen and oxygen atoms in total. The van der Waals surface area contributed by atoms with Gasteiger partial charge in [-0.15, -0.1) is 6.58 Å². The zero-order valence-corrected chi connectivity index (χ0v) is 15.3. The van der Waals surface area contributed by atoms with E-state index in [0.29, 0.717) is 10.8 Å². The maximum absolute atomic E-state index is 4.17. The van der Waals surface area contributed by atoms with Crippen LogP contribution in [-0.4, -0.2) is 0 Å². The summed E-state index contributed by atoms with van der Waals surface area (Å²) in [7, 11) is 0. The van der Waals surface area contributed by atoms with Crippen molar-refractivity contribution in [2.45, 2.75) is 79.1 Å². The topological polar surface area (TPSA) is 0 Å². The van der Waals surface area contributed by atoms with E-state index in [2.05, 4.69) is 46.4 Å². The third-order valence-electron chi connectivity index (χ3n) is 7.49. The van der Waals surface area contributed by atoms with Crippen molar-refractivity contribution in [2.24, 2.45) is 34.5 Å². The van der Waals surface area contributed by atoms with E-state index >= 15 is 0 Å². The van der Waals surface area contributed by atoms with E-state index in [1.165, 1.54) is 51.4 Å². The highest BCUT2D eigenvalue weighted by Crippen LogP contribution is 2.66. The number of allylic oxidation sites excluding steroid dienone is 3. The second-order valence-electron chi connectivity index (χ2n) is 9.24. The zero-order valence-electron chi connectivity index (χ0n) is 15.3. The number of unbranched alkanes of at least 4 members (excludes halogenated alkanes) is 2. The number of hydrogen-bond donors (Lipinski definition) is 0. The SMILES string of the molecule is C=CC1(C(C)(C)CC2C=C3CC(CCCCC)C3C2)CC1C. The van der Waals surface area contributed by atoms with Crippen molar-refractivity contribution in [3.63, 3.8) is 0 Å². The van der Waals surface area contributed by atoms with Gasteiger partial charge < -0.3 is 0 Å². The standard InChI is InChI=1S/C22H36/c1-6-8-9-10-18-13-19-11-17(12-20(18)19)15-21(4,5)22(7-2)14-16(22)3/h7,11,16-18,20H,2,6,8-10,12-15H2,1,3-5H3. The van der Waals surface area contributed by atoms with E-state index in [9.17, 15) is 0 Å². The van der Waals surface area contributed by atoms with Crippen LogP contribution in [0, 0.1) is 34.5 Å². The molecule has 0 aromatic heterocycles. The molecule has 5 atom stereocenters. The molecule has 0 aliphatic heterocycles. The summed E-state index contributed by atoms with van der Waals surface area (Å²) in [5.41, 5.74) is 2.66. The molecule has 0 heterocycles. The van der Waals surface area contributed by atoms with Crippen LogP contribution < -0.4 is 0 Å². The van der Waals surface area contributed by atoms with E-state index in [0.717, 1.165) is 23.7 Å². The Bertz CT molecular complexity index is 455. The predicted octanol–water partition coefficient (Wildman–Crippen LogP) is 6.78. The van der Waals surface area contributed by atoms with Gasteiger partial charge in [0.1, 0.15) is 0 Å². The van der Waals surface area contributed by atoms with Gasteiger partial charge in [0, 0.05) is 0 Å². The third-order valence-corrected chi connectivity index (χ3v) is 7.49. The van der Waals surface area contributed by atoms with E-state index in [-0.39, 0.29) is 0 Å². The van der Waals surface area contributed by atoms with E-state index in [4.69, 9.17) is 0 Å². The van der Waals surface area contributed by atoms with Crippen LogP contribution in [0.2, 0.25) is 0 Å². The molecule has 3 aliphatic carbocycles. The van der Waals surface area contributed by atoms with Crippen LogP contribution in [0.5, 0.6) is 0 Å². The minimum absolute atomic E-state index is 0.414. The first-order valence-corrected chi connectivity index (χ1v) is 9.77. The van der Waals surface area contributed by atoms with Gasteiger partial charge in [0.05, 0.1) is 0 Å². The van der Waals surface area contributed by atoms with Gasteiger partial charge in [-0.25, -0.2) is 0 Å². The Morgan fingerprint density at radius 3 is 2.68 bits per heavy atom. The van der Waals surface area contributed by atoms with E-state index < -0.39 is 0 Å². The first kappa shape index (κ1) is 16.3. The van der Waals surface area contributed by atoms with Crippen LogP contribution in [0.25, 0.3) is 0 Å². The van der Waals surface area contributed by atoms with Crippen LogP contribution in [0.3, 0.4) is 0 Å². The Morgan fingerprint density at radius 2 is 2.09 bits per heavy atom. The maximum Gasteiger partial charge on any atom is -0.00408 e. The second kappa shape index (κ2) is 5.84. The molecule has 0 N–H and O–H groups in total. The highest BCUT2D eigenvalue weighted by Gasteiger charge is 2.58. The minimum atomic E-state index is 0.414. The van der Waals surface area contributed by atoms with Gasteiger partial charge >= 0.3 is 0 Å². The average Bonchev–Trinajstić information content (AvgIpc) is 3.05. The van der Waals surface area contributed by atoms with Crippen molar-refractivity contribution in [1.82, 2.24) is 0 Å². The molecule has 0 heteroatoms. The molecule has 3 aliphatic rings. The molecule has 0 amide bonds. The Balaban J connectivity index is 1.53. The lowest BCUT2D eigenvalue weighted by atomic mass is 9.66. The maximum atomic E-state index is 4.17. The summed E-state index contributed by atoms with van der Waals surface area (Å²) in [6.45, 7) is 13.9. The van der Waals surface area contributed by atoms with E-state index in [1.807, 2.05) is 5.57 Å². The van der Waals surface area contributed by atoms with Gasteiger partial charge in [-0.05, 0) is 66.6 Å². The van der Waals surface area contributed by atoms with Crippen LogP contribution in [0.4, 0.5) is 0 Å². The van der Waals surface area contributed by atoms with Crippen LogP contribution in [0.15, 0.2) is 24.3 Å². The average molecular weight is 301 g/mol. The summed E-state index contributed by atoms with van der Waals surface area (Å²) in [6, 6.07) is 0. The van der Waals surface area contributed by atoms with Crippen molar-refractivity contribution < 1.29 is 0 Å². The molecule has 0 radical (unpaired) electrons.